The van der Waals surface area contributed by atoms with Crippen LogP contribution in [-0.4, -0.2) is 22.9 Å². The van der Waals surface area contributed by atoms with Crippen LogP contribution in [0.3, 0.4) is 0 Å². The number of nitrogens with zero attached hydrogens (tertiary/aromatic N) is 2. The number of aromatic nitrogens is 1. The third kappa shape index (κ3) is 4.60. The summed E-state index contributed by atoms with van der Waals surface area (Å²) in [6.07, 6.45) is 0. The maximum Gasteiger partial charge on any atom is 0.274 e. The van der Waals surface area contributed by atoms with Gasteiger partial charge in [-0.05, 0) is 42.3 Å². The summed E-state index contributed by atoms with van der Waals surface area (Å²) < 4.78 is 5.30. The number of methoxy groups -OCH3 is 1. The summed E-state index contributed by atoms with van der Waals surface area (Å²) in [5.74, 6) is 0.267. The molecule has 3 aromatic carbocycles. The van der Waals surface area contributed by atoms with E-state index in [1.165, 1.54) is 17.4 Å². The second-order valence-electron chi connectivity index (χ2n) is 8.39. The number of carbonyl (C=O) groups excluding carboxylic acids is 1. The van der Waals surface area contributed by atoms with Gasteiger partial charge in [-0.25, -0.2) is 4.98 Å². The number of amides is 1. The number of hydrogen-bond donors (Lipinski definition) is 2. The lowest BCUT2D eigenvalue weighted by atomic mass is 9.99. The molecule has 0 atom stereocenters. The van der Waals surface area contributed by atoms with Crippen LogP contribution in [0.5, 0.6) is 5.75 Å². The third-order valence-electron chi connectivity index (χ3n) is 6.04. The average molecular weight is 511 g/mol. The number of fused-ring (bicyclic) bond motifs is 1. The van der Waals surface area contributed by atoms with E-state index in [0.29, 0.717) is 27.2 Å². The van der Waals surface area contributed by atoms with E-state index in [1.54, 1.807) is 26.2 Å². The van der Waals surface area contributed by atoms with E-state index >= 15 is 0 Å². The molecule has 0 saturated carbocycles. The molecular formula is C28H22N4O4S. The van der Waals surface area contributed by atoms with Gasteiger partial charge < -0.3 is 15.8 Å². The maximum absolute atomic E-state index is 13.3. The number of nitrogens with two attached hydrogens (primary N) is 1. The van der Waals surface area contributed by atoms with Crippen LogP contribution < -0.4 is 15.8 Å². The van der Waals surface area contributed by atoms with E-state index in [4.69, 9.17) is 15.5 Å². The van der Waals surface area contributed by atoms with Gasteiger partial charge >= 0.3 is 0 Å². The molecule has 1 amide bonds. The summed E-state index contributed by atoms with van der Waals surface area (Å²) in [6.45, 7) is 1.64. The van der Waals surface area contributed by atoms with Crippen LogP contribution in [0, 0.1) is 17.0 Å². The molecule has 0 aliphatic carbocycles. The Morgan fingerprint density at radius 2 is 1.76 bits per heavy atom. The predicted octanol–water partition coefficient (Wildman–Crippen LogP) is 6.69. The van der Waals surface area contributed by atoms with Crippen LogP contribution in [0.15, 0.2) is 78.9 Å². The van der Waals surface area contributed by atoms with Gasteiger partial charge in [-0.1, -0.05) is 48.5 Å². The van der Waals surface area contributed by atoms with E-state index < -0.39 is 10.8 Å². The van der Waals surface area contributed by atoms with Crippen molar-refractivity contribution in [3.63, 3.8) is 0 Å². The topological polar surface area (TPSA) is 120 Å². The highest BCUT2D eigenvalue weighted by Gasteiger charge is 2.22. The number of nitrogen functional groups attached to an aromatic ring is 1. The number of nitrogens with one attached hydrogen (secondary N) is 1. The summed E-state index contributed by atoms with van der Waals surface area (Å²) >= 11 is 1.18. The number of thiophene rings is 1. The highest BCUT2D eigenvalue weighted by molar-refractivity contribution is 7.21. The number of carbonyl (C=O) groups is 1. The van der Waals surface area contributed by atoms with Gasteiger partial charge in [0, 0.05) is 28.3 Å². The molecule has 0 aliphatic rings. The predicted molar refractivity (Wildman–Crippen MR) is 147 cm³/mol. The van der Waals surface area contributed by atoms with Crippen molar-refractivity contribution in [3.8, 4) is 28.1 Å². The quantitative estimate of drug-likeness (QED) is 0.194. The molecule has 0 spiro atoms. The van der Waals surface area contributed by atoms with Crippen LogP contribution in [0.2, 0.25) is 0 Å². The Hall–Kier alpha value is -4.76. The van der Waals surface area contributed by atoms with Gasteiger partial charge in [0.1, 0.15) is 15.5 Å². The monoisotopic (exact) mass is 510 g/mol. The lowest BCUT2D eigenvalue weighted by Gasteiger charge is -2.10. The van der Waals surface area contributed by atoms with Gasteiger partial charge in [0.25, 0.3) is 11.6 Å². The van der Waals surface area contributed by atoms with Gasteiger partial charge in [0.05, 0.1) is 23.4 Å². The van der Waals surface area contributed by atoms with Gasteiger partial charge in [0.15, 0.2) is 0 Å². The molecule has 0 radical (unpaired) electrons. The summed E-state index contributed by atoms with van der Waals surface area (Å²) in [4.78, 5) is 29.8. The Labute approximate surface area is 216 Å². The summed E-state index contributed by atoms with van der Waals surface area (Å²) in [7, 11) is 1.61. The second-order valence-corrected chi connectivity index (χ2v) is 9.39. The molecular weight excluding hydrogens is 488 g/mol. The number of nitro benzene ring substituents is 1. The van der Waals surface area contributed by atoms with Crippen molar-refractivity contribution in [3.05, 3.63) is 99.4 Å². The number of hydrogen-bond acceptors (Lipinski definition) is 7. The van der Waals surface area contributed by atoms with Gasteiger partial charge in [0.2, 0.25) is 0 Å². The van der Waals surface area contributed by atoms with Crippen LogP contribution >= 0.6 is 11.3 Å². The fourth-order valence-electron chi connectivity index (χ4n) is 4.12. The van der Waals surface area contributed by atoms with Gasteiger partial charge in [-0.15, -0.1) is 11.3 Å². The minimum Gasteiger partial charge on any atom is -0.497 e. The van der Waals surface area contributed by atoms with E-state index in [0.717, 1.165) is 28.1 Å². The van der Waals surface area contributed by atoms with Crippen molar-refractivity contribution >= 4 is 44.5 Å². The molecule has 5 rings (SSSR count). The highest BCUT2D eigenvalue weighted by Crippen LogP contribution is 2.42. The van der Waals surface area contributed by atoms with Crippen molar-refractivity contribution in [2.45, 2.75) is 6.92 Å². The summed E-state index contributed by atoms with van der Waals surface area (Å²) in [5, 5.41) is 14.7. The largest absolute Gasteiger partial charge is 0.497 e. The molecule has 0 aliphatic heterocycles. The number of anilines is 2. The molecule has 184 valence electrons. The standard InChI is InChI=1S/C28H22N4O4S/c1-16-8-11-19(14-23(16)32(34)35)30-27(33)26-25(29)24-21(17-9-12-20(36-2)13-10-17)15-22(31-28(24)37-26)18-6-4-3-5-7-18/h3-15H,29H2,1-2H3,(H,30,33). The molecule has 2 heterocycles. The van der Waals surface area contributed by atoms with Crippen molar-refractivity contribution in [1.29, 1.82) is 0 Å². The highest BCUT2D eigenvalue weighted by atomic mass is 32.1. The summed E-state index contributed by atoms with van der Waals surface area (Å²) in [5.41, 5.74) is 11.0. The fraction of sp³-hybridized carbons (Fsp3) is 0.0714. The molecule has 5 aromatic rings. The van der Waals surface area contributed by atoms with E-state index in [1.807, 2.05) is 60.7 Å². The van der Waals surface area contributed by atoms with Crippen molar-refractivity contribution in [2.75, 3.05) is 18.2 Å². The SMILES string of the molecule is COc1ccc(-c2cc(-c3ccccc3)nc3sc(C(=O)Nc4ccc(C)c([N+](=O)[O-])c4)c(N)c23)cc1. The number of ether oxygens (including phenoxy) is 1. The zero-order valence-corrected chi connectivity index (χ0v) is 20.8. The molecule has 9 heteroatoms. The average Bonchev–Trinajstić information content (AvgIpc) is 3.26. The first kappa shape index (κ1) is 24.0. The Balaban J connectivity index is 1.63. The Bertz CT molecular complexity index is 1650. The smallest absolute Gasteiger partial charge is 0.274 e. The van der Waals surface area contributed by atoms with Crippen molar-refractivity contribution < 1.29 is 14.5 Å². The maximum atomic E-state index is 13.3. The van der Waals surface area contributed by atoms with Crippen LogP contribution in [0.1, 0.15) is 15.2 Å². The van der Waals surface area contributed by atoms with Gasteiger partial charge in [-0.2, -0.15) is 0 Å². The minimum atomic E-state index is -0.477. The van der Waals surface area contributed by atoms with Gasteiger partial charge in [-0.3, -0.25) is 14.9 Å². The minimum absolute atomic E-state index is 0.0712. The Morgan fingerprint density at radius 3 is 2.43 bits per heavy atom. The molecule has 0 saturated heterocycles. The molecule has 0 bridgehead atoms. The number of pyridine rings is 1. The second kappa shape index (κ2) is 9.71. The molecule has 0 unspecified atom stereocenters. The summed E-state index contributed by atoms with van der Waals surface area (Å²) in [6, 6.07) is 23.9. The van der Waals surface area contributed by atoms with Crippen molar-refractivity contribution in [1.82, 2.24) is 4.98 Å². The number of nitro groups is 1. The molecule has 8 nitrogen and oxygen atoms in total. The van der Waals surface area contributed by atoms with Crippen LogP contribution in [0.25, 0.3) is 32.6 Å². The molecule has 2 aromatic heterocycles. The number of aryl methyl sites for hydroxylation is 1. The zero-order chi connectivity index (χ0) is 26.1. The first-order valence-corrected chi connectivity index (χ1v) is 12.2. The van der Waals surface area contributed by atoms with E-state index in [9.17, 15) is 14.9 Å². The lowest BCUT2D eigenvalue weighted by Crippen LogP contribution is -2.12. The van der Waals surface area contributed by atoms with Crippen LogP contribution in [0.4, 0.5) is 17.1 Å². The van der Waals surface area contributed by atoms with E-state index in [-0.39, 0.29) is 10.6 Å². The molecule has 3 N–H and O–H groups in total. The third-order valence-corrected chi connectivity index (χ3v) is 7.14. The Morgan fingerprint density at radius 1 is 1.03 bits per heavy atom. The van der Waals surface area contributed by atoms with Crippen LogP contribution in [-0.2, 0) is 0 Å². The molecule has 0 fully saturated rings. The first-order chi connectivity index (χ1) is 17.9. The zero-order valence-electron chi connectivity index (χ0n) is 20.0. The Kier molecular flexibility index (Phi) is 6.29. The molecule has 37 heavy (non-hydrogen) atoms. The number of rotatable bonds is 6. The van der Waals surface area contributed by atoms with Crippen molar-refractivity contribution in [2.24, 2.45) is 0 Å². The number of benzene rings is 3. The lowest BCUT2D eigenvalue weighted by molar-refractivity contribution is -0.385. The first-order valence-electron chi connectivity index (χ1n) is 11.3. The van der Waals surface area contributed by atoms with E-state index in [2.05, 4.69) is 5.32 Å². The fourth-order valence-corrected chi connectivity index (χ4v) is 5.13. The normalized spacial score (nSPS) is 10.9.